The first-order chi connectivity index (χ1) is 9.54. The third kappa shape index (κ3) is 2.83. The van der Waals surface area contributed by atoms with Gasteiger partial charge in [-0.25, -0.2) is 0 Å². The van der Waals surface area contributed by atoms with Crippen LogP contribution in [-0.4, -0.2) is 30.6 Å². The summed E-state index contributed by atoms with van der Waals surface area (Å²) in [4.78, 5) is 2.17. The summed E-state index contributed by atoms with van der Waals surface area (Å²) in [5.74, 6) is 0.599. The molecule has 2 unspecified atom stereocenters. The maximum Gasteiger partial charge on any atom is 0.416 e. The Balaban J connectivity index is 1.72. The smallest absolute Gasteiger partial charge is 0.314 e. The van der Waals surface area contributed by atoms with Crippen LogP contribution in [0.25, 0.3) is 0 Å². The number of alkyl halides is 3. The largest absolute Gasteiger partial charge is 0.416 e. The maximum absolute atomic E-state index is 13.0. The first-order valence-electron chi connectivity index (χ1n) is 7.15. The van der Waals surface area contributed by atoms with Crippen LogP contribution in [0.2, 0.25) is 0 Å². The second-order valence-electron chi connectivity index (χ2n) is 5.79. The fourth-order valence-corrected chi connectivity index (χ4v) is 3.44. The van der Waals surface area contributed by atoms with Gasteiger partial charge in [0.05, 0.1) is 5.56 Å². The van der Waals surface area contributed by atoms with Crippen molar-refractivity contribution in [2.75, 3.05) is 19.6 Å². The van der Waals surface area contributed by atoms with Gasteiger partial charge in [-0.2, -0.15) is 13.2 Å². The molecule has 2 nitrogen and oxygen atoms in total. The van der Waals surface area contributed by atoms with E-state index in [1.54, 1.807) is 12.1 Å². The van der Waals surface area contributed by atoms with E-state index in [0.717, 1.165) is 32.5 Å². The number of nitrogens with zero attached hydrogens (tertiary/aromatic N) is 1. The monoisotopic (exact) mass is 284 g/mol. The minimum absolute atomic E-state index is 0.393. The summed E-state index contributed by atoms with van der Waals surface area (Å²) >= 11 is 0. The number of hydrogen-bond acceptors (Lipinski definition) is 2. The van der Waals surface area contributed by atoms with Gasteiger partial charge in [-0.05, 0) is 43.5 Å². The molecule has 0 radical (unpaired) electrons. The molecule has 1 N–H and O–H groups in total. The Kier molecular flexibility index (Phi) is 3.73. The van der Waals surface area contributed by atoms with Crippen molar-refractivity contribution in [3.63, 3.8) is 0 Å². The minimum Gasteiger partial charge on any atom is -0.314 e. The van der Waals surface area contributed by atoms with Crippen LogP contribution in [0, 0.1) is 5.92 Å². The number of likely N-dealkylation sites (tertiary alicyclic amines) is 1. The third-order valence-electron chi connectivity index (χ3n) is 4.46. The summed E-state index contributed by atoms with van der Waals surface area (Å²) in [5, 5.41) is 3.47. The summed E-state index contributed by atoms with van der Waals surface area (Å²) in [5.41, 5.74) is -0.101. The van der Waals surface area contributed by atoms with Gasteiger partial charge < -0.3 is 5.32 Å². The van der Waals surface area contributed by atoms with E-state index < -0.39 is 11.7 Å². The van der Waals surface area contributed by atoms with Gasteiger partial charge in [-0.1, -0.05) is 18.2 Å². The number of rotatable bonds is 2. The fourth-order valence-electron chi connectivity index (χ4n) is 3.44. The number of fused-ring (bicyclic) bond motifs is 1. The van der Waals surface area contributed by atoms with E-state index in [1.807, 2.05) is 0 Å². The molecular weight excluding hydrogens is 265 g/mol. The molecule has 2 aliphatic heterocycles. The molecule has 5 heteroatoms. The topological polar surface area (TPSA) is 15.3 Å². The SMILES string of the molecule is FC(F)(F)c1ccccc1CN1CCC2NCCC2C1. The molecule has 2 fully saturated rings. The Morgan fingerprint density at radius 2 is 2.00 bits per heavy atom. The van der Waals surface area contributed by atoms with Crippen LogP contribution in [0.5, 0.6) is 0 Å². The highest BCUT2D eigenvalue weighted by molar-refractivity contribution is 5.29. The minimum atomic E-state index is -4.26. The van der Waals surface area contributed by atoms with E-state index in [2.05, 4.69) is 10.2 Å². The molecule has 0 amide bonds. The van der Waals surface area contributed by atoms with E-state index in [-0.39, 0.29) is 0 Å². The van der Waals surface area contributed by atoms with Crippen LogP contribution in [0.15, 0.2) is 24.3 Å². The van der Waals surface area contributed by atoms with Gasteiger partial charge in [0.2, 0.25) is 0 Å². The lowest BCUT2D eigenvalue weighted by Gasteiger charge is -2.35. The van der Waals surface area contributed by atoms with Gasteiger partial charge in [0.15, 0.2) is 0 Å². The first kappa shape index (κ1) is 13.9. The number of halogens is 3. The van der Waals surface area contributed by atoms with Crippen LogP contribution >= 0.6 is 0 Å². The second-order valence-corrected chi connectivity index (χ2v) is 5.79. The summed E-state index contributed by atoms with van der Waals surface area (Å²) < 4.78 is 39.0. The number of nitrogens with one attached hydrogen (secondary N) is 1. The number of hydrogen-bond donors (Lipinski definition) is 1. The van der Waals surface area contributed by atoms with Crippen LogP contribution in [-0.2, 0) is 12.7 Å². The molecule has 2 aliphatic rings. The molecule has 0 aromatic heterocycles. The lowest BCUT2D eigenvalue weighted by Crippen LogP contribution is -2.44. The maximum atomic E-state index is 13.0. The highest BCUT2D eigenvalue weighted by Gasteiger charge is 2.35. The fraction of sp³-hybridized carbons (Fsp3) is 0.600. The summed E-state index contributed by atoms with van der Waals surface area (Å²) in [7, 11) is 0. The van der Waals surface area contributed by atoms with Crippen molar-refractivity contribution in [3.8, 4) is 0 Å². The van der Waals surface area contributed by atoms with E-state index in [1.165, 1.54) is 12.1 Å². The normalized spacial score (nSPS) is 27.6. The van der Waals surface area contributed by atoms with Crippen LogP contribution in [0.3, 0.4) is 0 Å². The third-order valence-corrected chi connectivity index (χ3v) is 4.46. The number of piperidine rings is 1. The zero-order valence-electron chi connectivity index (χ0n) is 11.3. The molecule has 1 aromatic carbocycles. The lowest BCUT2D eigenvalue weighted by atomic mass is 9.93. The molecule has 1 aromatic rings. The standard InChI is InChI=1S/C15H19F3N2/c16-15(17,18)13-4-2-1-3-11(13)9-20-8-6-14-12(10-20)5-7-19-14/h1-4,12,14,19H,5-10H2. The second kappa shape index (κ2) is 5.37. The van der Waals surface area contributed by atoms with Gasteiger partial charge in [0.25, 0.3) is 0 Å². The van der Waals surface area contributed by atoms with Gasteiger partial charge in [0, 0.05) is 19.1 Å². The average Bonchev–Trinajstić information content (AvgIpc) is 2.85. The molecule has 0 bridgehead atoms. The van der Waals surface area contributed by atoms with Crippen molar-refractivity contribution in [1.29, 1.82) is 0 Å². The van der Waals surface area contributed by atoms with Gasteiger partial charge in [0.1, 0.15) is 0 Å². The molecule has 3 rings (SSSR count). The van der Waals surface area contributed by atoms with E-state index in [4.69, 9.17) is 0 Å². The van der Waals surface area contributed by atoms with Crippen molar-refractivity contribution >= 4 is 0 Å². The van der Waals surface area contributed by atoms with Gasteiger partial charge in [-0.3, -0.25) is 4.90 Å². The predicted octanol–water partition coefficient (Wildman–Crippen LogP) is 2.89. The van der Waals surface area contributed by atoms with Gasteiger partial charge in [-0.15, -0.1) is 0 Å². The first-order valence-corrected chi connectivity index (χ1v) is 7.15. The van der Waals surface area contributed by atoms with Crippen molar-refractivity contribution in [2.45, 2.75) is 31.6 Å². The molecule has 0 aliphatic carbocycles. The molecule has 110 valence electrons. The van der Waals surface area contributed by atoms with Crippen LogP contribution in [0.4, 0.5) is 13.2 Å². The highest BCUT2D eigenvalue weighted by atomic mass is 19.4. The molecule has 2 heterocycles. The average molecular weight is 284 g/mol. The van der Waals surface area contributed by atoms with Crippen LogP contribution < -0.4 is 5.32 Å². The molecular formula is C15H19F3N2. The van der Waals surface area contributed by atoms with Crippen molar-refractivity contribution in [3.05, 3.63) is 35.4 Å². The Bertz CT molecular complexity index is 472. The highest BCUT2D eigenvalue weighted by Crippen LogP contribution is 2.33. The molecule has 20 heavy (non-hydrogen) atoms. The summed E-state index contributed by atoms with van der Waals surface area (Å²) in [6.45, 7) is 3.23. The molecule has 0 spiro atoms. The van der Waals surface area contributed by atoms with Crippen molar-refractivity contribution in [1.82, 2.24) is 10.2 Å². The lowest BCUT2D eigenvalue weighted by molar-refractivity contribution is -0.138. The predicted molar refractivity (Wildman–Crippen MR) is 71.2 cm³/mol. The Hall–Kier alpha value is -1.07. The molecule has 2 saturated heterocycles. The van der Waals surface area contributed by atoms with Crippen molar-refractivity contribution < 1.29 is 13.2 Å². The quantitative estimate of drug-likeness (QED) is 0.898. The van der Waals surface area contributed by atoms with E-state index >= 15 is 0 Å². The molecule has 2 atom stereocenters. The van der Waals surface area contributed by atoms with E-state index in [9.17, 15) is 13.2 Å². The Morgan fingerprint density at radius 3 is 2.80 bits per heavy atom. The zero-order valence-corrected chi connectivity index (χ0v) is 11.3. The van der Waals surface area contributed by atoms with Crippen LogP contribution in [0.1, 0.15) is 24.0 Å². The molecule has 0 saturated carbocycles. The summed E-state index contributed by atoms with van der Waals surface area (Å²) in [6, 6.07) is 6.50. The van der Waals surface area contributed by atoms with E-state index in [0.29, 0.717) is 24.1 Å². The summed E-state index contributed by atoms with van der Waals surface area (Å²) in [6.07, 6.45) is -2.08. The Morgan fingerprint density at radius 1 is 1.20 bits per heavy atom. The van der Waals surface area contributed by atoms with Crippen molar-refractivity contribution in [2.24, 2.45) is 5.92 Å². The Labute approximate surface area is 117 Å². The van der Waals surface area contributed by atoms with Gasteiger partial charge >= 0.3 is 6.18 Å². The number of benzene rings is 1. The zero-order chi connectivity index (χ0) is 14.2.